The predicted molar refractivity (Wildman–Crippen MR) is 35.6 cm³/mol. The van der Waals surface area contributed by atoms with Gasteiger partial charge in [-0.2, -0.15) is 0 Å². The summed E-state index contributed by atoms with van der Waals surface area (Å²) in [6.45, 7) is 4.75. The van der Waals surface area contributed by atoms with E-state index in [1.165, 1.54) is 0 Å². The van der Waals surface area contributed by atoms with Crippen molar-refractivity contribution in [1.29, 1.82) is 0 Å². The Morgan fingerprint density at radius 1 is 1.56 bits per heavy atom. The maximum absolute atomic E-state index is 8.53. The van der Waals surface area contributed by atoms with Gasteiger partial charge in [-0.25, -0.2) is 0 Å². The molecule has 3 heteroatoms. The molecule has 0 amide bonds. The average molecular weight is 132 g/mol. The Balaban J connectivity index is 2.75. The lowest BCUT2D eigenvalue weighted by Crippen LogP contribution is -2.20. The number of aliphatic hydroxyl groups is 1. The molecule has 3 N–H and O–H groups in total. The molecular formula is C6H14NO2. The Morgan fingerprint density at radius 2 is 2.22 bits per heavy atom. The van der Waals surface area contributed by atoms with Crippen LogP contribution in [0.4, 0.5) is 0 Å². The molecule has 0 bridgehead atoms. The van der Waals surface area contributed by atoms with Crippen LogP contribution in [0.3, 0.4) is 0 Å². The van der Waals surface area contributed by atoms with Crippen LogP contribution < -0.4 is 5.73 Å². The quantitative estimate of drug-likeness (QED) is 0.405. The molecule has 55 valence electrons. The second-order valence-electron chi connectivity index (χ2n) is 1.82. The van der Waals surface area contributed by atoms with Crippen molar-refractivity contribution in [2.24, 2.45) is 5.73 Å². The molecule has 0 spiro atoms. The molecule has 0 aromatic rings. The van der Waals surface area contributed by atoms with Gasteiger partial charge in [0.1, 0.15) is 6.23 Å². The topological polar surface area (TPSA) is 55.5 Å². The van der Waals surface area contributed by atoms with Crippen molar-refractivity contribution in [1.82, 2.24) is 0 Å². The van der Waals surface area contributed by atoms with Gasteiger partial charge in [0.25, 0.3) is 0 Å². The zero-order valence-electron chi connectivity index (χ0n) is 5.55. The van der Waals surface area contributed by atoms with Crippen LogP contribution in [0.5, 0.6) is 0 Å². The van der Waals surface area contributed by atoms with E-state index in [1.807, 2.05) is 0 Å². The molecule has 0 aliphatic heterocycles. The smallest absolute Gasteiger partial charge is 0.104 e. The Bertz CT molecular complexity index is 57.0. The first kappa shape index (κ1) is 8.88. The lowest BCUT2D eigenvalue weighted by Gasteiger charge is -2.03. The highest BCUT2D eigenvalue weighted by Gasteiger charge is 1.93. The number of nitrogens with two attached hydrogens (primary N) is 1. The highest BCUT2D eigenvalue weighted by Crippen LogP contribution is 1.85. The van der Waals surface area contributed by atoms with Crippen LogP contribution in [0.1, 0.15) is 12.8 Å². The average Bonchev–Trinajstić information content (AvgIpc) is 1.80. The fourth-order valence-corrected chi connectivity index (χ4v) is 0.408. The van der Waals surface area contributed by atoms with Crippen LogP contribution in [0.25, 0.3) is 0 Å². The lowest BCUT2D eigenvalue weighted by molar-refractivity contribution is 0.0869. The number of aliphatic hydroxyl groups excluding tert-OH is 1. The Hall–Kier alpha value is -0.120. The molecule has 0 aliphatic carbocycles. The minimum absolute atomic E-state index is 0.500. The van der Waals surface area contributed by atoms with Crippen LogP contribution in [0.15, 0.2) is 0 Å². The maximum atomic E-state index is 8.53. The van der Waals surface area contributed by atoms with Gasteiger partial charge >= 0.3 is 0 Å². The predicted octanol–water partition coefficient (Wildman–Crippen LogP) is -0.106. The summed E-state index contributed by atoms with van der Waals surface area (Å²) in [6, 6.07) is 0. The summed E-state index contributed by atoms with van der Waals surface area (Å²) in [7, 11) is 0. The third kappa shape index (κ3) is 7.88. The van der Waals surface area contributed by atoms with Crippen molar-refractivity contribution in [3.8, 4) is 0 Å². The van der Waals surface area contributed by atoms with E-state index in [4.69, 9.17) is 15.6 Å². The molecule has 0 saturated carbocycles. The minimum atomic E-state index is -0.741. The Morgan fingerprint density at radius 3 is 2.67 bits per heavy atom. The van der Waals surface area contributed by atoms with E-state index in [1.54, 1.807) is 0 Å². The van der Waals surface area contributed by atoms with E-state index in [0.29, 0.717) is 19.6 Å². The van der Waals surface area contributed by atoms with Crippen molar-refractivity contribution in [2.75, 3.05) is 13.2 Å². The SMILES string of the molecule is [CH2]CCOCCC(N)O. The molecule has 3 nitrogen and oxygen atoms in total. The third-order valence-electron chi connectivity index (χ3n) is 0.847. The molecule has 0 aliphatic rings. The minimum Gasteiger partial charge on any atom is -0.381 e. The fourth-order valence-electron chi connectivity index (χ4n) is 0.408. The van der Waals surface area contributed by atoms with Gasteiger partial charge in [0.2, 0.25) is 0 Å². The van der Waals surface area contributed by atoms with Crippen LogP contribution >= 0.6 is 0 Å². The summed E-state index contributed by atoms with van der Waals surface area (Å²) in [5, 5.41) is 8.53. The largest absolute Gasteiger partial charge is 0.381 e. The van der Waals surface area contributed by atoms with Gasteiger partial charge in [0, 0.05) is 13.0 Å². The second kappa shape index (κ2) is 6.01. The monoisotopic (exact) mass is 132 g/mol. The molecule has 1 atom stereocenters. The van der Waals surface area contributed by atoms with Crippen LogP contribution in [-0.4, -0.2) is 24.5 Å². The van der Waals surface area contributed by atoms with Gasteiger partial charge in [-0.15, -0.1) is 0 Å². The zero-order valence-corrected chi connectivity index (χ0v) is 5.55. The van der Waals surface area contributed by atoms with Crippen molar-refractivity contribution in [3.63, 3.8) is 0 Å². The van der Waals surface area contributed by atoms with Gasteiger partial charge in [-0.05, 0) is 6.42 Å². The molecule has 0 fully saturated rings. The second-order valence-corrected chi connectivity index (χ2v) is 1.82. The van der Waals surface area contributed by atoms with Gasteiger partial charge in [0.15, 0.2) is 0 Å². The molecule has 0 rings (SSSR count). The standard InChI is InChI=1S/C6H14NO2/c1-2-4-9-5-3-6(7)8/h6,8H,1-5,7H2. The number of rotatable bonds is 5. The molecular weight excluding hydrogens is 118 g/mol. The molecule has 0 heterocycles. The zero-order chi connectivity index (χ0) is 7.11. The molecule has 9 heavy (non-hydrogen) atoms. The first-order valence-electron chi connectivity index (χ1n) is 3.08. The first-order valence-corrected chi connectivity index (χ1v) is 3.08. The summed E-state index contributed by atoms with van der Waals surface area (Å²) in [5.41, 5.74) is 5.03. The molecule has 1 unspecified atom stereocenters. The Labute approximate surface area is 55.8 Å². The highest BCUT2D eigenvalue weighted by atomic mass is 16.5. The summed E-state index contributed by atoms with van der Waals surface area (Å²) < 4.78 is 4.99. The summed E-state index contributed by atoms with van der Waals surface area (Å²) in [6.07, 6.45) is 0.524. The van der Waals surface area contributed by atoms with Crippen molar-refractivity contribution < 1.29 is 9.84 Å². The van der Waals surface area contributed by atoms with E-state index in [2.05, 4.69) is 6.92 Å². The molecule has 1 radical (unpaired) electrons. The van der Waals surface area contributed by atoms with Gasteiger partial charge in [-0.1, -0.05) is 6.92 Å². The Kier molecular flexibility index (Phi) is 5.93. The van der Waals surface area contributed by atoms with Crippen molar-refractivity contribution in [3.05, 3.63) is 6.92 Å². The van der Waals surface area contributed by atoms with Crippen molar-refractivity contribution >= 4 is 0 Å². The van der Waals surface area contributed by atoms with E-state index < -0.39 is 6.23 Å². The van der Waals surface area contributed by atoms with E-state index in [0.717, 1.165) is 6.42 Å². The first-order chi connectivity index (χ1) is 4.27. The third-order valence-corrected chi connectivity index (χ3v) is 0.847. The van der Waals surface area contributed by atoms with E-state index in [-0.39, 0.29) is 0 Å². The van der Waals surface area contributed by atoms with E-state index >= 15 is 0 Å². The number of hydrogen-bond acceptors (Lipinski definition) is 3. The lowest BCUT2D eigenvalue weighted by atomic mass is 10.4. The normalized spacial score (nSPS) is 13.7. The number of hydrogen-bond donors (Lipinski definition) is 2. The summed E-state index contributed by atoms with van der Waals surface area (Å²) in [5.74, 6) is 0. The van der Waals surface area contributed by atoms with Gasteiger partial charge in [0.05, 0.1) is 6.61 Å². The molecule has 0 saturated heterocycles. The summed E-state index contributed by atoms with van der Waals surface area (Å²) >= 11 is 0. The van der Waals surface area contributed by atoms with Crippen LogP contribution in [0, 0.1) is 6.92 Å². The fraction of sp³-hybridized carbons (Fsp3) is 0.833. The highest BCUT2D eigenvalue weighted by molar-refractivity contribution is 4.43. The van der Waals surface area contributed by atoms with Gasteiger partial charge < -0.3 is 15.6 Å². The number of ether oxygens (including phenoxy) is 1. The van der Waals surface area contributed by atoms with Crippen LogP contribution in [0.2, 0.25) is 0 Å². The summed E-state index contributed by atoms with van der Waals surface area (Å²) in [4.78, 5) is 0. The van der Waals surface area contributed by atoms with E-state index in [9.17, 15) is 0 Å². The van der Waals surface area contributed by atoms with Gasteiger partial charge in [-0.3, -0.25) is 0 Å². The van der Waals surface area contributed by atoms with Crippen LogP contribution in [-0.2, 0) is 4.74 Å². The maximum Gasteiger partial charge on any atom is 0.104 e. The molecule has 0 aromatic carbocycles. The van der Waals surface area contributed by atoms with Crippen molar-refractivity contribution in [2.45, 2.75) is 19.1 Å². The molecule has 0 aromatic heterocycles.